The summed E-state index contributed by atoms with van der Waals surface area (Å²) in [4.78, 5) is 0. The van der Waals surface area contributed by atoms with E-state index in [4.69, 9.17) is 27.4 Å². The average molecular weight is 822 g/mol. The summed E-state index contributed by atoms with van der Waals surface area (Å²) in [6, 6.07) is 75.5. The summed E-state index contributed by atoms with van der Waals surface area (Å²) in [6.07, 6.45) is 0. The zero-order valence-corrected chi connectivity index (χ0v) is 33.8. The molecule has 57 heavy (non-hydrogen) atoms. The van der Waals surface area contributed by atoms with Crippen molar-refractivity contribution in [3.8, 4) is 0 Å². The molecular weight excluding hydrogens is 784 g/mol. The van der Waals surface area contributed by atoms with Gasteiger partial charge in [-0.25, -0.2) is 0 Å². The molecule has 0 bridgehead atoms. The molecule has 9 heteroatoms. The summed E-state index contributed by atoms with van der Waals surface area (Å²) >= 11 is 0. The molecule has 0 aliphatic heterocycles. The molecule has 0 amide bonds. The van der Waals surface area contributed by atoms with Crippen LogP contribution in [0.4, 0.5) is 0 Å². The van der Waals surface area contributed by atoms with Crippen LogP contribution in [0, 0.1) is 40.2 Å². The van der Waals surface area contributed by atoms with E-state index in [9.17, 15) is 0 Å². The maximum atomic E-state index is 7.50. The predicted octanol–water partition coefficient (Wildman–Crippen LogP) is 8.09. The van der Waals surface area contributed by atoms with Gasteiger partial charge in [-0.05, 0) is 72.8 Å². The van der Waals surface area contributed by atoms with Crippen LogP contribution in [0.5, 0.6) is 0 Å². The smallest absolute Gasteiger partial charge is 0.199 e. The van der Waals surface area contributed by atoms with Crippen molar-refractivity contribution in [2.45, 2.75) is 0 Å². The van der Waals surface area contributed by atoms with E-state index in [0.29, 0.717) is 0 Å². The van der Waals surface area contributed by atoms with Crippen molar-refractivity contribution in [2.75, 3.05) is 0 Å². The van der Waals surface area contributed by atoms with Crippen LogP contribution in [0.2, 0.25) is 0 Å². The molecule has 280 valence electrons. The van der Waals surface area contributed by atoms with E-state index >= 15 is 0 Å². The molecule has 0 heterocycles. The third-order valence-electron chi connectivity index (χ3n) is 7.89. The van der Waals surface area contributed by atoms with E-state index in [1.165, 1.54) is 31.8 Å². The number of benzene rings is 7. The third kappa shape index (κ3) is 13.7. The van der Waals surface area contributed by atoms with Crippen molar-refractivity contribution >= 4 is 45.9 Å². The van der Waals surface area contributed by atoms with Gasteiger partial charge in [-0.2, -0.15) is 24.6 Å². The van der Waals surface area contributed by atoms with Crippen LogP contribution >= 0.6 is 14.1 Å². The van der Waals surface area contributed by atoms with Crippen molar-refractivity contribution in [3.05, 3.63) is 258 Å². The molecular formula is C48H37CrNO5P2. The quantitative estimate of drug-likeness (QED) is 0.0699. The van der Waals surface area contributed by atoms with Gasteiger partial charge in [0.2, 0.25) is 0 Å². The molecule has 7 rings (SSSR count). The van der Waals surface area contributed by atoms with Gasteiger partial charge in [-0.3, -0.25) is 0 Å². The van der Waals surface area contributed by atoms with Crippen LogP contribution in [-0.2, 0) is 40.6 Å². The van der Waals surface area contributed by atoms with Crippen LogP contribution in [0.3, 0.4) is 0 Å². The molecule has 7 aromatic carbocycles. The van der Waals surface area contributed by atoms with Crippen molar-refractivity contribution in [3.63, 3.8) is 0 Å². The molecule has 0 saturated carbocycles. The van der Waals surface area contributed by atoms with Crippen LogP contribution in [-0.4, -0.2) is 0 Å². The Morgan fingerprint density at radius 1 is 0.281 bits per heavy atom. The Kier molecular flexibility index (Phi) is 27.3. The topological polar surface area (TPSA) is 114 Å². The Balaban J connectivity index is 0.00000150. The molecule has 0 aliphatic carbocycles. The van der Waals surface area contributed by atoms with Gasteiger partial charge in [0.15, 0.2) is 0 Å². The maximum Gasteiger partial charge on any atom is 0.301 e. The van der Waals surface area contributed by atoms with Crippen LogP contribution < -0.4 is 36.0 Å². The Labute approximate surface area is 347 Å². The van der Waals surface area contributed by atoms with Gasteiger partial charge >= 0.3 is 70.6 Å². The monoisotopic (exact) mass is 821 g/mol. The predicted molar refractivity (Wildman–Crippen MR) is 223 cm³/mol. The normalized spacial score (nSPS) is 9.09. The standard InChI is InChI=1S/C36H30NP2.C7H7.5CO.Cr/c1-7-19-31(20-8-1)38(32-21-9-2-10-22-32,33-23-11-3-12-24-33)37-39(34-25-13-4-14-26-34,35-27-15-5-16-28-35)36-29-17-6-18-30-36;1-7-5-3-2-4-6-7;5*1-2;/h1-30H;2-6H,1H2;;;;;;/q+1;-1;;;;;;. The second-order valence-electron chi connectivity index (χ2n) is 10.9. The zero-order chi connectivity index (χ0) is 41.5. The van der Waals surface area contributed by atoms with Gasteiger partial charge in [0.05, 0.1) is 31.8 Å². The Bertz CT molecular complexity index is 1960. The van der Waals surface area contributed by atoms with Crippen molar-refractivity contribution < 1.29 is 40.6 Å². The molecule has 0 aromatic heterocycles. The summed E-state index contributed by atoms with van der Waals surface area (Å²) in [6.45, 7) is 26.2. The minimum Gasteiger partial charge on any atom is -0.199 e. The zero-order valence-electron chi connectivity index (χ0n) is 30.7. The van der Waals surface area contributed by atoms with E-state index in [0.717, 1.165) is 5.56 Å². The van der Waals surface area contributed by atoms with Crippen molar-refractivity contribution in [1.29, 1.82) is 0 Å². The van der Waals surface area contributed by atoms with Gasteiger partial charge in [0, 0.05) is 17.4 Å². The van der Waals surface area contributed by atoms with Gasteiger partial charge in [0.25, 0.3) is 0 Å². The first kappa shape index (κ1) is 51.2. The summed E-state index contributed by atoms with van der Waals surface area (Å²) in [5, 5.41) is 7.55. The molecule has 0 N–H and O–H groups in total. The van der Waals surface area contributed by atoms with Crippen LogP contribution in [0.25, 0.3) is 0 Å². The summed E-state index contributed by atoms with van der Waals surface area (Å²) in [5.41, 5.74) is 1.07. The van der Waals surface area contributed by atoms with E-state index in [-0.39, 0.29) is 17.4 Å². The van der Waals surface area contributed by atoms with Crippen molar-refractivity contribution in [2.24, 2.45) is 0 Å². The number of nitrogens with zero attached hydrogens (tertiary/aromatic N) is 1. The first-order valence-electron chi connectivity index (χ1n) is 16.5. The third-order valence-corrected chi connectivity index (χ3v) is 16.3. The fraction of sp³-hybridized carbons (Fsp3) is 0. The molecule has 0 unspecified atom stereocenters. The van der Waals surface area contributed by atoms with Gasteiger partial charge < -0.3 is 0 Å². The van der Waals surface area contributed by atoms with Gasteiger partial charge in [-0.15, -0.1) is 16.3 Å². The van der Waals surface area contributed by atoms with Crippen LogP contribution in [0.1, 0.15) is 5.56 Å². The number of hydrogen-bond acceptors (Lipinski definition) is 0. The number of hydrogen-bond donors (Lipinski definition) is 0. The largest absolute Gasteiger partial charge is 0.301 e. The van der Waals surface area contributed by atoms with Gasteiger partial charge in [0.1, 0.15) is 0 Å². The minimum absolute atomic E-state index is 0. The van der Waals surface area contributed by atoms with E-state index in [2.05, 4.69) is 222 Å². The summed E-state index contributed by atoms with van der Waals surface area (Å²) in [5.74, 6) is 0. The molecule has 0 spiro atoms. The fourth-order valence-corrected chi connectivity index (χ4v) is 15.2. The van der Waals surface area contributed by atoms with E-state index < -0.39 is 14.1 Å². The second kappa shape index (κ2) is 30.4. The molecule has 0 aliphatic rings. The molecule has 0 radical (unpaired) electrons. The fourth-order valence-electron chi connectivity index (χ4n) is 5.75. The van der Waals surface area contributed by atoms with E-state index in [1.807, 2.05) is 30.3 Å². The Morgan fingerprint density at radius 2 is 0.421 bits per heavy atom. The second-order valence-corrected chi connectivity index (χ2v) is 17.2. The number of rotatable bonds is 6. The SMILES string of the molecule is [C-]#[O+].[C-]#[O+].[C-]#[O+].[C-]#[O+].[C-]#[O+].[CH2-]c1ccccc1.[Cr].c1ccc(P(=[N+]=P(c2ccccc2)(c2ccccc2)c2ccccc2)(c2ccccc2)c2ccccc2)cc1. The van der Waals surface area contributed by atoms with E-state index in [1.54, 1.807) is 0 Å². The molecule has 6 nitrogen and oxygen atoms in total. The molecule has 7 aromatic rings. The molecule has 0 atom stereocenters. The average Bonchev–Trinajstić information content (AvgIpc) is 3.32. The summed E-state index contributed by atoms with van der Waals surface area (Å²) < 4.78 is 43.9. The van der Waals surface area contributed by atoms with Crippen molar-refractivity contribution in [1.82, 2.24) is 4.17 Å². The van der Waals surface area contributed by atoms with Gasteiger partial charge in [-0.1, -0.05) is 115 Å². The maximum absolute atomic E-state index is 7.50. The minimum atomic E-state index is -2.50. The Morgan fingerprint density at radius 3 is 0.544 bits per heavy atom. The summed E-state index contributed by atoms with van der Waals surface area (Å²) in [7, 11) is -4.99. The molecule has 0 saturated heterocycles. The Hall–Kier alpha value is -5.79. The molecule has 0 fully saturated rings. The first-order valence-corrected chi connectivity index (χ1v) is 20.0. The van der Waals surface area contributed by atoms with Crippen LogP contribution in [0.15, 0.2) is 212 Å². The first-order chi connectivity index (χ1) is 27.7.